The number of nitrogens with zero attached hydrogens (tertiary/aromatic N) is 1. The first-order valence-corrected chi connectivity index (χ1v) is 6.68. The lowest BCUT2D eigenvalue weighted by Crippen LogP contribution is -2.48. The first kappa shape index (κ1) is 12.6. The monoisotopic (exact) mass is 238 g/mol. The van der Waals surface area contributed by atoms with E-state index in [1.807, 2.05) is 0 Å². The number of likely N-dealkylation sites (tertiary alicyclic amines) is 1. The van der Waals surface area contributed by atoms with Gasteiger partial charge in [0.15, 0.2) is 0 Å². The minimum atomic E-state index is 0.0660. The summed E-state index contributed by atoms with van der Waals surface area (Å²) in [6, 6.07) is 0.803. The van der Waals surface area contributed by atoms with Crippen LogP contribution in [0, 0.1) is 0 Å². The third kappa shape index (κ3) is 3.53. The third-order valence-corrected chi connectivity index (χ3v) is 3.91. The molecule has 1 amide bonds. The number of amides is 1. The summed E-state index contributed by atoms with van der Waals surface area (Å²) < 4.78 is 0. The van der Waals surface area contributed by atoms with E-state index in [0.29, 0.717) is 17.9 Å². The van der Waals surface area contributed by atoms with Gasteiger partial charge in [0.05, 0.1) is 0 Å². The van der Waals surface area contributed by atoms with Gasteiger partial charge in [-0.25, -0.2) is 0 Å². The topological polar surface area (TPSA) is 49.4 Å². The molecule has 1 atom stereocenters. The van der Waals surface area contributed by atoms with E-state index < -0.39 is 0 Å². The lowest BCUT2D eigenvalue weighted by Gasteiger charge is -2.38. The Morgan fingerprint density at radius 2 is 2.00 bits per heavy atom. The highest BCUT2D eigenvalue weighted by Gasteiger charge is 2.28. The number of piperidine rings is 1. The molecule has 96 valence electrons. The minimum absolute atomic E-state index is 0.0660. The predicted octanol–water partition coefficient (Wildman–Crippen LogP) is 1.10. The molecule has 0 aromatic rings. The van der Waals surface area contributed by atoms with Crippen LogP contribution >= 0.6 is 0 Å². The number of carbonyl (C=O) groups is 2. The molecule has 0 spiro atoms. The summed E-state index contributed by atoms with van der Waals surface area (Å²) in [4.78, 5) is 24.9. The molecule has 2 fully saturated rings. The molecule has 0 bridgehead atoms. The van der Waals surface area contributed by atoms with Gasteiger partial charge in [-0.2, -0.15) is 0 Å². The maximum atomic E-state index is 11.4. The number of ketones is 1. The molecular weight excluding hydrogens is 216 g/mol. The van der Waals surface area contributed by atoms with Crippen molar-refractivity contribution in [2.24, 2.45) is 0 Å². The standard InChI is InChI=1S/C13H22N2O2/c1-10(16)14-11-5-7-15(8-6-11)12-3-2-4-13(17)9-12/h11-12H,2-9H2,1H3,(H,14,16). The van der Waals surface area contributed by atoms with Crippen molar-refractivity contribution in [3.05, 3.63) is 0 Å². The zero-order valence-electron chi connectivity index (χ0n) is 10.6. The molecule has 1 saturated carbocycles. The summed E-state index contributed by atoms with van der Waals surface area (Å²) in [7, 11) is 0. The average molecular weight is 238 g/mol. The molecule has 1 heterocycles. The molecule has 2 rings (SSSR count). The van der Waals surface area contributed by atoms with Gasteiger partial charge in [0.2, 0.25) is 5.91 Å². The first-order chi connectivity index (χ1) is 8.15. The molecule has 1 aliphatic carbocycles. The number of carbonyl (C=O) groups excluding carboxylic acids is 2. The molecule has 1 N–H and O–H groups in total. The predicted molar refractivity (Wildman–Crippen MR) is 65.7 cm³/mol. The Hall–Kier alpha value is -0.900. The van der Waals surface area contributed by atoms with Crippen LogP contribution < -0.4 is 5.32 Å². The second kappa shape index (κ2) is 5.63. The Kier molecular flexibility index (Phi) is 4.15. The van der Waals surface area contributed by atoms with Gasteiger partial charge in [0, 0.05) is 44.9 Å². The average Bonchev–Trinajstić information content (AvgIpc) is 2.29. The van der Waals surface area contributed by atoms with Gasteiger partial charge in [-0.1, -0.05) is 0 Å². The summed E-state index contributed by atoms with van der Waals surface area (Å²) in [6.07, 6.45) is 5.77. The van der Waals surface area contributed by atoms with Crippen LogP contribution in [0.4, 0.5) is 0 Å². The quantitative estimate of drug-likeness (QED) is 0.783. The third-order valence-electron chi connectivity index (χ3n) is 3.91. The second-order valence-electron chi connectivity index (χ2n) is 5.30. The van der Waals surface area contributed by atoms with E-state index >= 15 is 0 Å². The van der Waals surface area contributed by atoms with Crippen LogP contribution in [0.1, 0.15) is 45.4 Å². The van der Waals surface area contributed by atoms with Gasteiger partial charge in [0.25, 0.3) is 0 Å². The molecule has 1 unspecified atom stereocenters. The zero-order valence-corrected chi connectivity index (χ0v) is 10.6. The van der Waals surface area contributed by atoms with Crippen LogP contribution in [0.15, 0.2) is 0 Å². The van der Waals surface area contributed by atoms with Crippen LogP contribution in [0.25, 0.3) is 0 Å². The largest absolute Gasteiger partial charge is 0.354 e. The molecule has 0 aromatic carbocycles. The summed E-state index contributed by atoms with van der Waals surface area (Å²) in [6.45, 7) is 3.61. The van der Waals surface area contributed by atoms with Gasteiger partial charge >= 0.3 is 0 Å². The van der Waals surface area contributed by atoms with E-state index in [2.05, 4.69) is 10.2 Å². The number of rotatable bonds is 2. The molecule has 1 aliphatic heterocycles. The smallest absolute Gasteiger partial charge is 0.217 e. The highest BCUT2D eigenvalue weighted by Crippen LogP contribution is 2.23. The van der Waals surface area contributed by atoms with E-state index in [-0.39, 0.29) is 5.91 Å². The van der Waals surface area contributed by atoms with Crippen LogP contribution in [0.3, 0.4) is 0 Å². The number of hydrogen-bond donors (Lipinski definition) is 1. The fourth-order valence-electron chi connectivity index (χ4n) is 3.01. The molecule has 1 saturated heterocycles. The van der Waals surface area contributed by atoms with Gasteiger partial charge in [-0.15, -0.1) is 0 Å². The molecular formula is C13H22N2O2. The van der Waals surface area contributed by atoms with E-state index in [0.717, 1.165) is 51.6 Å². The zero-order chi connectivity index (χ0) is 12.3. The second-order valence-corrected chi connectivity index (χ2v) is 5.30. The lowest BCUT2D eigenvalue weighted by molar-refractivity contribution is -0.122. The lowest BCUT2D eigenvalue weighted by atomic mass is 9.91. The summed E-state index contributed by atoms with van der Waals surface area (Å²) in [5, 5.41) is 2.98. The Labute approximate surface area is 103 Å². The van der Waals surface area contributed by atoms with Gasteiger partial charge in [-0.3, -0.25) is 14.5 Å². The Bertz CT molecular complexity index is 296. The maximum Gasteiger partial charge on any atom is 0.217 e. The molecule has 2 aliphatic rings. The maximum absolute atomic E-state index is 11.4. The molecule has 4 heteroatoms. The SMILES string of the molecule is CC(=O)NC1CCN(C2CCCC(=O)C2)CC1. The van der Waals surface area contributed by atoms with Gasteiger partial charge in [0.1, 0.15) is 5.78 Å². The molecule has 0 aromatic heterocycles. The highest BCUT2D eigenvalue weighted by atomic mass is 16.1. The molecule has 0 radical (unpaired) electrons. The fourth-order valence-corrected chi connectivity index (χ4v) is 3.01. The van der Waals surface area contributed by atoms with Crippen LogP contribution in [0.5, 0.6) is 0 Å². The Balaban J connectivity index is 1.78. The van der Waals surface area contributed by atoms with Crippen LogP contribution in [-0.2, 0) is 9.59 Å². The molecule has 4 nitrogen and oxygen atoms in total. The number of nitrogens with one attached hydrogen (secondary N) is 1. The van der Waals surface area contributed by atoms with Crippen molar-refractivity contribution in [3.8, 4) is 0 Å². The Morgan fingerprint density at radius 3 is 2.59 bits per heavy atom. The minimum Gasteiger partial charge on any atom is -0.354 e. The van der Waals surface area contributed by atoms with Crippen molar-refractivity contribution in [1.82, 2.24) is 10.2 Å². The van der Waals surface area contributed by atoms with E-state index in [9.17, 15) is 9.59 Å². The normalized spacial score (nSPS) is 28.1. The summed E-state index contributed by atoms with van der Waals surface area (Å²) in [5.41, 5.74) is 0. The van der Waals surface area contributed by atoms with Gasteiger partial charge < -0.3 is 5.32 Å². The molecule has 17 heavy (non-hydrogen) atoms. The van der Waals surface area contributed by atoms with E-state index in [1.165, 1.54) is 0 Å². The van der Waals surface area contributed by atoms with E-state index in [1.54, 1.807) is 6.92 Å². The van der Waals surface area contributed by atoms with Crippen molar-refractivity contribution in [2.45, 2.75) is 57.5 Å². The Morgan fingerprint density at radius 1 is 1.29 bits per heavy atom. The van der Waals surface area contributed by atoms with Crippen molar-refractivity contribution in [1.29, 1.82) is 0 Å². The summed E-state index contributed by atoms with van der Waals surface area (Å²) in [5.74, 6) is 0.488. The fraction of sp³-hybridized carbons (Fsp3) is 0.846. The number of hydrogen-bond acceptors (Lipinski definition) is 3. The van der Waals surface area contributed by atoms with Gasteiger partial charge in [-0.05, 0) is 25.7 Å². The van der Waals surface area contributed by atoms with Crippen molar-refractivity contribution >= 4 is 11.7 Å². The van der Waals surface area contributed by atoms with E-state index in [4.69, 9.17) is 0 Å². The first-order valence-electron chi connectivity index (χ1n) is 6.68. The van der Waals surface area contributed by atoms with Crippen LogP contribution in [-0.4, -0.2) is 41.8 Å². The van der Waals surface area contributed by atoms with Crippen molar-refractivity contribution < 1.29 is 9.59 Å². The van der Waals surface area contributed by atoms with Crippen LogP contribution in [0.2, 0.25) is 0 Å². The van der Waals surface area contributed by atoms with Crippen molar-refractivity contribution in [2.75, 3.05) is 13.1 Å². The summed E-state index contributed by atoms with van der Waals surface area (Å²) >= 11 is 0. The van der Waals surface area contributed by atoms with Crippen molar-refractivity contribution in [3.63, 3.8) is 0 Å². The highest BCUT2D eigenvalue weighted by molar-refractivity contribution is 5.79. The number of Topliss-reactive ketones (excluding diaryl/α,β-unsaturated/α-hetero) is 1.